The molecule has 0 aliphatic carbocycles. The molecule has 7 nitrogen and oxygen atoms in total. The summed E-state index contributed by atoms with van der Waals surface area (Å²) in [4.78, 5) is 21.0. The van der Waals surface area contributed by atoms with Gasteiger partial charge in [0.25, 0.3) is 0 Å². The van der Waals surface area contributed by atoms with E-state index in [9.17, 15) is 13.6 Å². The number of piperazine rings is 1. The first-order valence-corrected chi connectivity index (χ1v) is 9.43. The minimum atomic E-state index is -2.85. The van der Waals surface area contributed by atoms with Crippen molar-refractivity contribution in [3.05, 3.63) is 53.7 Å². The fourth-order valence-corrected chi connectivity index (χ4v) is 2.96. The summed E-state index contributed by atoms with van der Waals surface area (Å²) >= 11 is 0. The molecule has 2 heterocycles. The van der Waals surface area contributed by atoms with Gasteiger partial charge in [-0.05, 0) is 36.4 Å². The van der Waals surface area contributed by atoms with Crippen LogP contribution in [0.2, 0.25) is 0 Å². The van der Waals surface area contributed by atoms with Crippen LogP contribution >= 0.6 is 0 Å². The van der Waals surface area contributed by atoms with E-state index in [1.54, 1.807) is 18.3 Å². The lowest BCUT2D eigenvalue weighted by atomic mass is 10.2. The van der Waals surface area contributed by atoms with Gasteiger partial charge >= 0.3 is 12.6 Å². The number of urea groups is 1. The van der Waals surface area contributed by atoms with Gasteiger partial charge in [-0.15, -0.1) is 0 Å². The number of carbonyl (C=O) groups excluding carboxylic acids is 1. The van der Waals surface area contributed by atoms with Gasteiger partial charge in [0.05, 0.1) is 0 Å². The normalized spacial score (nSPS) is 14.7. The molecule has 1 aliphatic rings. The molecule has 0 unspecified atom stereocenters. The number of likely N-dealkylation sites (N-methyl/N-ethyl adjacent to an activating group) is 1. The standard InChI is InChI=1S/C20H25F2N5O2/c1-26-8-10-27(11-9-26)18-7-4-16(13-23-18)14-25-20(28)24-12-15-2-5-17(6-3-15)29-19(21)22/h2-7,13,19H,8-12,14H2,1H3,(H2,24,25,28). The van der Waals surface area contributed by atoms with E-state index in [0.29, 0.717) is 6.54 Å². The number of pyridine rings is 1. The number of halogens is 2. The van der Waals surface area contributed by atoms with Crippen molar-refractivity contribution in [1.29, 1.82) is 0 Å². The van der Waals surface area contributed by atoms with E-state index in [-0.39, 0.29) is 18.3 Å². The van der Waals surface area contributed by atoms with Gasteiger partial charge in [-0.25, -0.2) is 9.78 Å². The number of carbonyl (C=O) groups is 1. The van der Waals surface area contributed by atoms with Gasteiger partial charge in [-0.1, -0.05) is 18.2 Å². The highest BCUT2D eigenvalue weighted by Crippen LogP contribution is 2.15. The molecule has 3 rings (SSSR count). The fraction of sp³-hybridized carbons (Fsp3) is 0.400. The number of nitrogens with zero attached hydrogens (tertiary/aromatic N) is 3. The summed E-state index contributed by atoms with van der Waals surface area (Å²) in [6.45, 7) is 1.75. The molecule has 2 N–H and O–H groups in total. The van der Waals surface area contributed by atoms with Gasteiger partial charge in [-0.2, -0.15) is 8.78 Å². The third-order valence-corrected chi connectivity index (χ3v) is 4.69. The van der Waals surface area contributed by atoms with Gasteiger partial charge in [0.15, 0.2) is 0 Å². The molecular weight excluding hydrogens is 380 g/mol. The molecule has 2 amide bonds. The zero-order valence-corrected chi connectivity index (χ0v) is 16.3. The van der Waals surface area contributed by atoms with Crippen LogP contribution < -0.4 is 20.3 Å². The molecule has 0 spiro atoms. The number of benzene rings is 1. The Bertz CT molecular complexity index is 778. The Morgan fingerprint density at radius 3 is 2.24 bits per heavy atom. The summed E-state index contributed by atoms with van der Waals surface area (Å²) in [5.41, 5.74) is 1.69. The summed E-state index contributed by atoms with van der Waals surface area (Å²) in [5.74, 6) is 1.03. The molecule has 0 bridgehead atoms. The zero-order chi connectivity index (χ0) is 20.6. The second kappa shape index (κ2) is 10.0. The van der Waals surface area contributed by atoms with E-state index in [1.165, 1.54) is 12.1 Å². The molecule has 1 aromatic carbocycles. The van der Waals surface area contributed by atoms with Crippen molar-refractivity contribution in [3.8, 4) is 5.75 Å². The molecule has 29 heavy (non-hydrogen) atoms. The second-order valence-electron chi connectivity index (χ2n) is 6.87. The number of aromatic nitrogens is 1. The molecule has 0 radical (unpaired) electrons. The third kappa shape index (κ3) is 6.56. The highest BCUT2D eigenvalue weighted by molar-refractivity contribution is 5.73. The highest BCUT2D eigenvalue weighted by Gasteiger charge is 2.15. The largest absolute Gasteiger partial charge is 0.435 e. The molecule has 1 fully saturated rings. The van der Waals surface area contributed by atoms with Gasteiger partial charge in [0, 0.05) is 45.5 Å². The number of alkyl halides is 2. The Balaban J connectivity index is 1.40. The molecule has 9 heteroatoms. The molecular formula is C20H25F2N5O2. The Morgan fingerprint density at radius 2 is 1.66 bits per heavy atom. The Labute approximate surface area is 168 Å². The van der Waals surface area contributed by atoms with E-state index in [0.717, 1.165) is 43.1 Å². The summed E-state index contributed by atoms with van der Waals surface area (Å²) < 4.78 is 28.6. The minimum absolute atomic E-state index is 0.0840. The number of nitrogens with one attached hydrogen (secondary N) is 2. The van der Waals surface area contributed by atoms with Crippen LogP contribution in [0.1, 0.15) is 11.1 Å². The van der Waals surface area contributed by atoms with Crippen molar-refractivity contribution < 1.29 is 18.3 Å². The second-order valence-corrected chi connectivity index (χ2v) is 6.87. The number of ether oxygens (including phenoxy) is 1. The molecule has 1 aliphatic heterocycles. The average molecular weight is 405 g/mol. The fourth-order valence-electron chi connectivity index (χ4n) is 2.96. The first-order chi connectivity index (χ1) is 14.0. The monoisotopic (exact) mass is 405 g/mol. The SMILES string of the molecule is CN1CCN(c2ccc(CNC(=O)NCc3ccc(OC(F)F)cc3)cn2)CC1. The lowest BCUT2D eigenvalue weighted by Crippen LogP contribution is -2.44. The van der Waals surface area contributed by atoms with Crippen LogP contribution in [-0.2, 0) is 13.1 Å². The van der Waals surface area contributed by atoms with E-state index in [1.807, 2.05) is 12.1 Å². The van der Waals surface area contributed by atoms with Crippen LogP contribution in [0, 0.1) is 0 Å². The predicted molar refractivity (Wildman–Crippen MR) is 106 cm³/mol. The minimum Gasteiger partial charge on any atom is -0.435 e. The average Bonchev–Trinajstić information content (AvgIpc) is 2.72. The molecule has 156 valence electrons. The van der Waals surface area contributed by atoms with Crippen LogP contribution in [0.3, 0.4) is 0 Å². The van der Waals surface area contributed by atoms with Crippen molar-refractivity contribution in [2.45, 2.75) is 19.7 Å². The maximum absolute atomic E-state index is 12.1. The van der Waals surface area contributed by atoms with E-state index >= 15 is 0 Å². The number of rotatable bonds is 7. The zero-order valence-electron chi connectivity index (χ0n) is 16.3. The van der Waals surface area contributed by atoms with Gasteiger partial charge in [-0.3, -0.25) is 0 Å². The number of hydrogen-bond donors (Lipinski definition) is 2. The topological polar surface area (TPSA) is 69.7 Å². The van der Waals surface area contributed by atoms with Crippen LogP contribution in [0.4, 0.5) is 19.4 Å². The molecule has 1 saturated heterocycles. The first kappa shape index (κ1) is 20.8. The quantitative estimate of drug-likeness (QED) is 0.741. The Morgan fingerprint density at radius 1 is 1.03 bits per heavy atom. The summed E-state index contributed by atoms with van der Waals surface area (Å²) in [5, 5.41) is 5.50. The van der Waals surface area contributed by atoms with E-state index < -0.39 is 6.61 Å². The Kier molecular flexibility index (Phi) is 7.18. The molecule has 0 saturated carbocycles. The highest BCUT2D eigenvalue weighted by atomic mass is 19.3. The van der Waals surface area contributed by atoms with Gasteiger partial charge in [0.2, 0.25) is 0 Å². The summed E-state index contributed by atoms with van der Waals surface area (Å²) in [6.07, 6.45) is 1.77. The van der Waals surface area contributed by atoms with Crippen molar-refractivity contribution in [2.75, 3.05) is 38.1 Å². The first-order valence-electron chi connectivity index (χ1n) is 9.43. The third-order valence-electron chi connectivity index (χ3n) is 4.69. The van der Waals surface area contributed by atoms with Crippen LogP contribution in [0.25, 0.3) is 0 Å². The lowest BCUT2D eigenvalue weighted by Gasteiger charge is -2.33. The number of amides is 2. The van der Waals surface area contributed by atoms with Gasteiger partial charge in [0.1, 0.15) is 11.6 Å². The maximum Gasteiger partial charge on any atom is 0.387 e. The molecule has 1 aromatic heterocycles. The van der Waals surface area contributed by atoms with Crippen LogP contribution in [0.5, 0.6) is 5.75 Å². The van der Waals surface area contributed by atoms with Crippen LogP contribution in [-0.4, -0.2) is 55.8 Å². The van der Waals surface area contributed by atoms with Crippen molar-refractivity contribution in [2.24, 2.45) is 0 Å². The predicted octanol–water partition coefficient (Wildman–Crippen LogP) is 2.43. The lowest BCUT2D eigenvalue weighted by molar-refractivity contribution is -0.0498. The summed E-state index contributed by atoms with van der Waals surface area (Å²) in [6, 6.07) is 9.74. The Hall–Kier alpha value is -2.94. The summed E-state index contributed by atoms with van der Waals surface area (Å²) in [7, 11) is 2.11. The van der Waals surface area contributed by atoms with E-state index in [4.69, 9.17) is 0 Å². The smallest absolute Gasteiger partial charge is 0.387 e. The van der Waals surface area contributed by atoms with Gasteiger partial charge < -0.3 is 25.2 Å². The van der Waals surface area contributed by atoms with E-state index in [2.05, 4.69) is 37.2 Å². The number of anilines is 1. The van der Waals surface area contributed by atoms with Crippen molar-refractivity contribution in [3.63, 3.8) is 0 Å². The van der Waals surface area contributed by atoms with Crippen molar-refractivity contribution in [1.82, 2.24) is 20.5 Å². The maximum atomic E-state index is 12.1. The molecule has 2 aromatic rings. The van der Waals surface area contributed by atoms with Crippen LogP contribution in [0.15, 0.2) is 42.6 Å². The number of hydrogen-bond acceptors (Lipinski definition) is 5. The molecule has 0 atom stereocenters. The van der Waals surface area contributed by atoms with Crippen molar-refractivity contribution >= 4 is 11.8 Å².